The summed E-state index contributed by atoms with van der Waals surface area (Å²) in [6.07, 6.45) is 0.782. The van der Waals surface area contributed by atoms with Gasteiger partial charge in [-0.15, -0.1) is 0 Å². The van der Waals surface area contributed by atoms with Crippen LogP contribution in [0.5, 0.6) is 5.75 Å². The molecule has 0 radical (unpaired) electrons. The van der Waals surface area contributed by atoms with Crippen molar-refractivity contribution in [1.82, 2.24) is 5.32 Å². The first-order valence-electron chi connectivity index (χ1n) is 5.92. The van der Waals surface area contributed by atoms with Crippen LogP contribution in [0.4, 0.5) is 0 Å². The summed E-state index contributed by atoms with van der Waals surface area (Å²) in [7, 11) is 0. The Morgan fingerprint density at radius 1 is 1.39 bits per heavy atom. The molecule has 1 aromatic carbocycles. The minimum absolute atomic E-state index is 0.139. The minimum atomic E-state index is -0.161. The van der Waals surface area contributed by atoms with E-state index in [2.05, 4.69) is 5.32 Å². The maximum absolute atomic E-state index is 11.8. The number of thioether (sulfide) groups is 1. The second-order valence-electron chi connectivity index (χ2n) is 3.90. The third-order valence-corrected chi connectivity index (χ3v) is 3.60. The van der Waals surface area contributed by atoms with Crippen molar-refractivity contribution < 1.29 is 15.0 Å². The molecule has 5 heteroatoms. The van der Waals surface area contributed by atoms with Gasteiger partial charge in [0.1, 0.15) is 5.75 Å². The Balaban J connectivity index is 2.35. The highest BCUT2D eigenvalue weighted by atomic mass is 32.2. The molecule has 0 aromatic heterocycles. The second-order valence-corrected chi connectivity index (χ2v) is 5.12. The Morgan fingerprint density at radius 3 is 2.89 bits per heavy atom. The van der Waals surface area contributed by atoms with Gasteiger partial charge in [-0.25, -0.2) is 0 Å². The van der Waals surface area contributed by atoms with Crippen LogP contribution in [0.3, 0.4) is 0 Å². The molecule has 1 amide bonds. The largest absolute Gasteiger partial charge is 0.508 e. The van der Waals surface area contributed by atoms with E-state index in [9.17, 15) is 9.90 Å². The van der Waals surface area contributed by atoms with Crippen LogP contribution in [0, 0.1) is 6.92 Å². The highest BCUT2D eigenvalue weighted by molar-refractivity contribution is 7.99. The fraction of sp³-hybridized carbons (Fsp3) is 0.462. The van der Waals surface area contributed by atoms with E-state index in [1.54, 1.807) is 36.9 Å². The highest BCUT2D eigenvalue weighted by Gasteiger charge is 2.10. The third kappa shape index (κ3) is 4.58. The topological polar surface area (TPSA) is 69.6 Å². The predicted octanol–water partition coefficient (Wildman–Crippen LogP) is 1.55. The first kappa shape index (κ1) is 14.9. The molecule has 0 aliphatic rings. The van der Waals surface area contributed by atoms with Gasteiger partial charge in [-0.05, 0) is 31.2 Å². The lowest BCUT2D eigenvalue weighted by Crippen LogP contribution is -2.26. The van der Waals surface area contributed by atoms with Crippen LogP contribution < -0.4 is 5.32 Å². The monoisotopic (exact) mass is 269 g/mol. The molecule has 0 saturated heterocycles. The molecule has 3 N–H and O–H groups in total. The Morgan fingerprint density at radius 2 is 2.17 bits per heavy atom. The SMILES string of the molecule is Cc1c(O)cccc1C(=O)NCCSCCCO. The average Bonchev–Trinajstić information content (AvgIpc) is 2.36. The van der Waals surface area contributed by atoms with Crippen LogP contribution in [0.25, 0.3) is 0 Å². The molecule has 0 aliphatic carbocycles. The number of aromatic hydroxyl groups is 1. The molecule has 0 fully saturated rings. The average molecular weight is 269 g/mol. The molecule has 0 heterocycles. The van der Waals surface area contributed by atoms with E-state index in [0.29, 0.717) is 17.7 Å². The molecule has 18 heavy (non-hydrogen) atoms. The van der Waals surface area contributed by atoms with Crippen LogP contribution in [-0.2, 0) is 0 Å². The first-order chi connectivity index (χ1) is 8.66. The minimum Gasteiger partial charge on any atom is -0.508 e. The van der Waals surface area contributed by atoms with E-state index in [1.807, 2.05) is 0 Å². The van der Waals surface area contributed by atoms with Crippen molar-refractivity contribution in [1.29, 1.82) is 0 Å². The molecule has 1 aromatic rings. The normalized spacial score (nSPS) is 10.3. The number of aliphatic hydroxyl groups is 1. The van der Waals surface area contributed by atoms with Gasteiger partial charge in [-0.3, -0.25) is 4.79 Å². The summed E-state index contributed by atoms with van der Waals surface area (Å²) in [4.78, 5) is 11.8. The summed E-state index contributed by atoms with van der Waals surface area (Å²) in [6.45, 7) is 2.52. The molecule has 0 unspecified atom stereocenters. The summed E-state index contributed by atoms with van der Waals surface area (Å²) < 4.78 is 0. The zero-order valence-corrected chi connectivity index (χ0v) is 11.3. The van der Waals surface area contributed by atoms with Crippen molar-refractivity contribution in [3.05, 3.63) is 29.3 Å². The van der Waals surface area contributed by atoms with E-state index in [4.69, 9.17) is 5.11 Å². The highest BCUT2D eigenvalue weighted by Crippen LogP contribution is 2.19. The number of nitrogens with one attached hydrogen (secondary N) is 1. The Kier molecular flexibility index (Phi) is 6.60. The molecular formula is C13H19NO3S. The van der Waals surface area contributed by atoms with E-state index in [0.717, 1.165) is 17.9 Å². The number of phenols is 1. The first-order valence-corrected chi connectivity index (χ1v) is 7.07. The van der Waals surface area contributed by atoms with Crippen LogP contribution in [0.2, 0.25) is 0 Å². The van der Waals surface area contributed by atoms with Gasteiger partial charge >= 0.3 is 0 Å². The maximum Gasteiger partial charge on any atom is 0.251 e. The summed E-state index contributed by atoms with van der Waals surface area (Å²) in [6, 6.07) is 4.92. The predicted molar refractivity (Wildman–Crippen MR) is 74.2 cm³/mol. The summed E-state index contributed by atoms with van der Waals surface area (Å²) in [5.74, 6) is 1.70. The molecule has 1 rings (SSSR count). The Hall–Kier alpha value is -1.20. The van der Waals surface area contributed by atoms with Crippen molar-refractivity contribution in [3.63, 3.8) is 0 Å². The smallest absolute Gasteiger partial charge is 0.251 e. The van der Waals surface area contributed by atoms with Gasteiger partial charge in [0, 0.05) is 30.0 Å². The molecule has 0 saturated carbocycles. The molecule has 0 aliphatic heterocycles. The number of carbonyl (C=O) groups is 1. The van der Waals surface area contributed by atoms with Crippen LogP contribution >= 0.6 is 11.8 Å². The van der Waals surface area contributed by atoms with E-state index in [-0.39, 0.29) is 18.3 Å². The number of rotatable bonds is 7. The number of hydrogen-bond acceptors (Lipinski definition) is 4. The lowest BCUT2D eigenvalue weighted by molar-refractivity contribution is 0.0955. The Labute approximate surface area is 111 Å². The van der Waals surface area contributed by atoms with Gasteiger partial charge < -0.3 is 15.5 Å². The number of benzene rings is 1. The molecule has 0 atom stereocenters. The molecule has 100 valence electrons. The molecule has 0 bridgehead atoms. The van der Waals surface area contributed by atoms with Gasteiger partial charge in [-0.1, -0.05) is 6.07 Å². The summed E-state index contributed by atoms with van der Waals surface area (Å²) in [5.41, 5.74) is 1.11. The van der Waals surface area contributed by atoms with Crippen LogP contribution in [0.1, 0.15) is 22.3 Å². The van der Waals surface area contributed by atoms with Gasteiger partial charge in [0.15, 0.2) is 0 Å². The van der Waals surface area contributed by atoms with Gasteiger partial charge in [0.2, 0.25) is 0 Å². The molecule has 4 nitrogen and oxygen atoms in total. The van der Waals surface area contributed by atoms with Crippen molar-refractivity contribution >= 4 is 17.7 Å². The van der Waals surface area contributed by atoms with Crippen molar-refractivity contribution in [2.75, 3.05) is 24.7 Å². The lowest BCUT2D eigenvalue weighted by Gasteiger charge is -2.08. The fourth-order valence-electron chi connectivity index (χ4n) is 1.47. The number of aliphatic hydroxyl groups excluding tert-OH is 1. The van der Waals surface area contributed by atoms with Gasteiger partial charge in [-0.2, -0.15) is 11.8 Å². The van der Waals surface area contributed by atoms with Gasteiger partial charge in [0.25, 0.3) is 5.91 Å². The van der Waals surface area contributed by atoms with Crippen molar-refractivity contribution in [2.24, 2.45) is 0 Å². The quantitative estimate of drug-likeness (QED) is 0.657. The standard InChI is InChI=1S/C13H19NO3S/c1-10-11(4-2-5-12(10)16)13(17)14-6-9-18-8-3-7-15/h2,4-5,15-16H,3,6-9H2,1H3,(H,14,17). The van der Waals surface area contributed by atoms with E-state index < -0.39 is 0 Å². The fourth-order valence-corrected chi connectivity index (χ4v) is 2.25. The third-order valence-electron chi connectivity index (χ3n) is 2.53. The van der Waals surface area contributed by atoms with Crippen molar-refractivity contribution in [3.8, 4) is 5.75 Å². The number of carbonyl (C=O) groups excluding carboxylic acids is 1. The number of amides is 1. The van der Waals surface area contributed by atoms with Gasteiger partial charge in [0.05, 0.1) is 0 Å². The Bertz CT molecular complexity index is 396. The lowest BCUT2D eigenvalue weighted by atomic mass is 10.1. The number of hydrogen-bond donors (Lipinski definition) is 3. The summed E-state index contributed by atoms with van der Waals surface area (Å²) >= 11 is 1.70. The van der Waals surface area contributed by atoms with Crippen LogP contribution in [-0.4, -0.2) is 40.8 Å². The van der Waals surface area contributed by atoms with Crippen molar-refractivity contribution in [2.45, 2.75) is 13.3 Å². The molecule has 0 spiro atoms. The zero-order chi connectivity index (χ0) is 13.4. The molecular weight excluding hydrogens is 250 g/mol. The van der Waals surface area contributed by atoms with Crippen LogP contribution in [0.15, 0.2) is 18.2 Å². The maximum atomic E-state index is 11.8. The number of phenolic OH excluding ortho intramolecular Hbond substituents is 1. The second kappa shape index (κ2) is 8.00. The summed E-state index contributed by atoms with van der Waals surface area (Å²) in [5, 5.41) is 20.9. The zero-order valence-electron chi connectivity index (χ0n) is 10.5. The van der Waals surface area contributed by atoms with E-state index >= 15 is 0 Å². The van der Waals surface area contributed by atoms with E-state index in [1.165, 1.54) is 0 Å².